The Morgan fingerprint density at radius 3 is 1.93 bits per heavy atom. The highest BCUT2D eigenvalue weighted by atomic mass is 16.5. The maximum Gasteiger partial charge on any atom is 0.252 e. The van der Waals surface area contributed by atoms with Crippen molar-refractivity contribution in [2.24, 2.45) is 0 Å². The van der Waals surface area contributed by atoms with Crippen molar-refractivity contribution in [2.45, 2.75) is 32.7 Å². The normalized spacial score (nSPS) is 11.7. The molecule has 0 aromatic heterocycles. The lowest BCUT2D eigenvalue weighted by Crippen LogP contribution is -2.38. The summed E-state index contributed by atoms with van der Waals surface area (Å²) in [6, 6.07) is 27.7. The van der Waals surface area contributed by atoms with Gasteiger partial charge in [0.05, 0.1) is 13.7 Å². The molecule has 0 heterocycles. The lowest BCUT2D eigenvalue weighted by molar-refractivity contribution is -0.144. The second-order valence-electron chi connectivity index (χ2n) is 6.97. The molecule has 150 valence electrons. The van der Waals surface area contributed by atoms with Crippen molar-refractivity contribution in [1.82, 2.24) is 4.90 Å². The number of carbonyl (C=O) groups excluding carboxylic acids is 1. The molecule has 1 unspecified atom stereocenters. The summed E-state index contributed by atoms with van der Waals surface area (Å²) in [6.45, 7) is 3.25. The molecular weight excluding hydrogens is 362 g/mol. The summed E-state index contributed by atoms with van der Waals surface area (Å²) >= 11 is 0. The van der Waals surface area contributed by atoms with Crippen LogP contribution in [0.1, 0.15) is 23.6 Å². The average molecular weight is 389 g/mol. The van der Waals surface area contributed by atoms with Crippen LogP contribution < -0.4 is 4.74 Å². The fourth-order valence-corrected chi connectivity index (χ4v) is 3.13. The second kappa shape index (κ2) is 10.4. The van der Waals surface area contributed by atoms with Crippen LogP contribution in [0.25, 0.3) is 0 Å². The maximum absolute atomic E-state index is 13.2. The molecule has 0 saturated carbocycles. The molecule has 0 N–H and O–H groups in total. The number of rotatable bonds is 9. The van der Waals surface area contributed by atoms with E-state index in [1.54, 1.807) is 7.11 Å². The summed E-state index contributed by atoms with van der Waals surface area (Å²) in [4.78, 5) is 15.0. The van der Waals surface area contributed by atoms with Gasteiger partial charge in [0.25, 0.3) is 5.91 Å². The molecule has 3 rings (SSSR count). The molecule has 0 bridgehead atoms. The minimum absolute atomic E-state index is 0.0272. The summed E-state index contributed by atoms with van der Waals surface area (Å²) < 4.78 is 11.1. The van der Waals surface area contributed by atoms with E-state index in [1.165, 1.54) is 0 Å². The zero-order valence-electron chi connectivity index (χ0n) is 17.0. The Kier molecular flexibility index (Phi) is 7.42. The van der Waals surface area contributed by atoms with E-state index in [0.717, 1.165) is 22.4 Å². The number of nitrogens with zero attached hydrogens (tertiary/aromatic N) is 1. The predicted molar refractivity (Wildman–Crippen MR) is 114 cm³/mol. The van der Waals surface area contributed by atoms with Gasteiger partial charge in [-0.2, -0.15) is 0 Å². The van der Waals surface area contributed by atoms with Crippen molar-refractivity contribution in [3.8, 4) is 5.75 Å². The summed E-state index contributed by atoms with van der Waals surface area (Å²) in [6.07, 6.45) is -0.548. The van der Waals surface area contributed by atoms with Gasteiger partial charge in [-0.25, -0.2) is 0 Å². The zero-order valence-corrected chi connectivity index (χ0v) is 17.0. The fourth-order valence-electron chi connectivity index (χ4n) is 3.13. The molecule has 0 aliphatic carbocycles. The van der Waals surface area contributed by atoms with Gasteiger partial charge < -0.3 is 14.4 Å². The third-order valence-electron chi connectivity index (χ3n) is 4.73. The van der Waals surface area contributed by atoms with Crippen molar-refractivity contribution in [3.63, 3.8) is 0 Å². The van der Waals surface area contributed by atoms with E-state index in [0.29, 0.717) is 19.7 Å². The van der Waals surface area contributed by atoms with Gasteiger partial charge in [0.2, 0.25) is 0 Å². The Morgan fingerprint density at radius 1 is 0.828 bits per heavy atom. The molecule has 0 spiro atoms. The Labute approximate surface area is 172 Å². The van der Waals surface area contributed by atoms with E-state index in [9.17, 15) is 4.79 Å². The maximum atomic E-state index is 13.2. The minimum Gasteiger partial charge on any atom is -0.497 e. The van der Waals surface area contributed by atoms with E-state index in [4.69, 9.17) is 9.47 Å². The standard InChI is InChI=1S/C25H27NO3/c1-20(29-19-23-14-9-15-24(16-23)28-2)25(27)26(17-21-10-5-3-6-11-21)18-22-12-7-4-8-13-22/h3-16,20H,17-19H2,1-2H3. The molecule has 1 atom stereocenters. The van der Waals surface area contributed by atoms with Gasteiger partial charge in [0.15, 0.2) is 0 Å². The molecule has 0 radical (unpaired) electrons. The molecule has 29 heavy (non-hydrogen) atoms. The van der Waals surface area contributed by atoms with E-state index < -0.39 is 6.10 Å². The number of amides is 1. The van der Waals surface area contributed by atoms with Crippen LogP contribution in [0.4, 0.5) is 0 Å². The van der Waals surface area contributed by atoms with Crippen LogP contribution in [-0.4, -0.2) is 24.0 Å². The monoisotopic (exact) mass is 389 g/mol. The van der Waals surface area contributed by atoms with Crippen molar-refractivity contribution in [2.75, 3.05) is 7.11 Å². The van der Waals surface area contributed by atoms with Crippen LogP contribution in [0.15, 0.2) is 84.9 Å². The van der Waals surface area contributed by atoms with Gasteiger partial charge in [-0.15, -0.1) is 0 Å². The first-order valence-corrected chi connectivity index (χ1v) is 9.77. The predicted octanol–water partition coefficient (Wildman–Crippen LogP) is 4.83. The van der Waals surface area contributed by atoms with Crippen LogP contribution in [0.5, 0.6) is 5.75 Å². The van der Waals surface area contributed by atoms with Crippen molar-refractivity contribution >= 4 is 5.91 Å². The fraction of sp³-hybridized carbons (Fsp3) is 0.240. The highest BCUT2D eigenvalue weighted by molar-refractivity contribution is 5.80. The summed E-state index contributed by atoms with van der Waals surface area (Å²) in [7, 11) is 1.64. The Hall–Kier alpha value is -3.11. The molecule has 4 heteroatoms. The van der Waals surface area contributed by atoms with Crippen molar-refractivity contribution in [3.05, 3.63) is 102 Å². The Bertz CT molecular complexity index is 855. The first-order valence-electron chi connectivity index (χ1n) is 9.77. The Morgan fingerprint density at radius 2 is 1.38 bits per heavy atom. The molecule has 0 aliphatic heterocycles. The number of methoxy groups -OCH3 is 1. The molecule has 3 aromatic rings. The van der Waals surface area contributed by atoms with Gasteiger partial charge in [0, 0.05) is 13.1 Å². The summed E-state index contributed by atoms with van der Waals surface area (Å²) in [5, 5.41) is 0. The lowest BCUT2D eigenvalue weighted by atomic mass is 10.1. The van der Waals surface area contributed by atoms with E-state index in [2.05, 4.69) is 0 Å². The number of carbonyl (C=O) groups is 1. The number of hydrogen-bond donors (Lipinski definition) is 0. The number of hydrogen-bond acceptors (Lipinski definition) is 3. The number of benzene rings is 3. The highest BCUT2D eigenvalue weighted by Gasteiger charge is 2.22. The zero-order chi connectivity index (χ0) is 20.5. The Balaban J connectivity index is 1.68. The number of ether oxygens (including phenoxy) is 2. The summed E-state index contributed by atoms with van der Waals surface area (Å²) in [5.74, 6) is 0.750. The topological polar surface area (TPSA) is 38.8 Å². The largest absolute Gasteiger partial charge is 0.497 e. The van der Waals surface area contributed by atoms with E-state index >= 15 is 0 Å². The average Bonchev–Trinajstić information content (AvgIpc) is 2.78. The molecule has 1 amide bonds. The first-order chi connectivity index (χ1) is 14.2. The van der Waals surface area contributed by atoms with Crippen molar-refractivity contribution in [1.29, 1.82) is 0 Å². The van der Waals surface area contributed by atoms with Crippen LogP contribution >= 0.6 is 0 Å². The highest BCUT2D eigenvalue weighted by Crippen LogP contribution is 2.16. The molecule has 0 aliphatic rings. The van der Waals surface area contributed by atoms with Gasteiger partial charge in [-0.05, 0) is 35.7 Å². The molecule has 4 nitrogen and oxygen atoms in total. The second-order valence-corrected chi connectivity index (χ2v) is 6.97. The van der Waals surface area contributed by atoms with Gasteiger partial charge in [-0.3, -0.25) is 4.79 Å². The first kappa shape index (κ1) is 20.6. The van der Waals surface area contributed by atoms with Crippen LogP contribution in [-0.2, 0) is 29.2 Å². The minimum atomic E-state index is -0.548. The van der Waals surface area contributed by atoms with Gasteiger partial charge >= 0.3 is 0 Å². The molecular formula is C25H27NO3. The smallest absolute Gasteiger partial charge is 0.252 e. The van der Waals surface area contributed by atoms with E-state index in [1.807, 2.05) is 96.8 Å². The molecule has 0 fully saturated rings. The molecule has 0 saturated heterocycles. The van der Waals surface area contributed by atoms with Gasteiger partial charge in [-0.1, -0.05) is 72.8 Å². The third-order valence-corrected chi connectivity index (χ3v) is 4.73. The van der Waals surface area contributed by atoms with Gasteiger partial charge in [0.1, 0.15) is 11.9 Å². The van der Waals surface area contributed by atoms with E-state index in [-0.39, 0.29) is 5.91 Å². The lowest BCUT2D eigenvalue weighted by Gasteiger charge is -2.26. The van der Waals surface area contributed by atoms with Crippen LogP contribution in [0, 0.1) is 0 Å². The third kappa shape index (κ3) is 6.19. The molecule has 3 aromatic carbocycles. The summed E-state index contributed by atoms with van der Waals surface area (Å²) in [5.41, 5.74) is 3.16. The van der Waals surface area contributed by atoms with Crippen molar-refractivity contribution < 1.29 is 14.3 Å². The quantitative estimate of drug-likeness (QED) is 0.526. The van der Waals surface area contributed by atoms with Crippen LogP contribution in [0.3, 0.4) is 0 Å². The van der Waals surface area contributed by atoms with Crippen LogP contribution in [0.2, 0.25) is 0 Å². The SMILES string of the molecule is COc1cccc(COC(C)C(=O)N(Cc2ccccc2)Cc2ccccc2)c1.